The number of nitrogens with zero attached hydrogens (tertiary/aromatic N) is 4. The first-order chi connectivity index (χ1) is 18.1. The van der Waals surface area contributed by atoms with Crippen LogP contribution in [0.25, 0.3) is 11.1 Å². The lowest BCUT2D eigenvalue weighted by Gasteiger charge is -2.47. The largest absolute Gasteiger partial charge is 0.463 e. The smallest absolute Gasteiger partial charge is 0.395 e. The molecule has 11 heteroatoms. The highest BCUT2D eigenvalue weighted by molar-refractivity contribution is 5.95. The first kappa shape index (κ1) is 26.8. The third-order valence-corrected chi connectivity index (χ3v) is 8.20. The third-order valence-electron chi connectivity index (χ3n) is 8.20. The summed E-state index contributed by atoms with van der Waals surface area (Å²) >= 11 is 0. The highest BCUT2D eigenvalue weighted by Crippen LogP contribution is 2.53. The van der Waals surface area contributed by atoms with E-state index in [2.05, 4.69) is 9.97 Å². The minimum Gasteiger partial charge on any atom is -0.463 e. The summed E-state index contributed by atoms with van der Waals surface area (Å²) in [5.41, 5.74) is -0.620. The molecule has 1 N–H and O–H groups in total. The lowest BCUT2D eigenvalue weighted by Crippen LogP contribution is -2.53. The highest BCUT2D eigenvalue weighted by atomic mass is 19.4. The summed E-state index contributed by atoms with van der Waals surface area (Å²) in [6, 6.07) is 4.39. The van der Waals surface area contributed by atoms with Gasteiger partial charge in [0.25, 0.3) is 5.91 Å². The van der Waals surface area contributed by atoms with Gasteiger partial charge in [-0.05, 0) is 63.2 Å². The van der Waals surface area contributed by atoms with Crippen LogP contribution in [-0.4, -0.2) is 82.4 Å². The number of aliphatic hydroxyl groups is 1. The van der Waals surface area contributed by atoms with Gasteiger partial charge in [-0.25, -0.2) is 14.4 Å². The maximum atomic E-state index is 14.8. The molecule has 5 rings (SSSR count). The van der Waals surface area contributed by atoms with Crippen molar-refractivity contribution in [2.45, 2.75) is 50.8 Å². The Morgan fingerprint density at radius 2 is 1.82 bits per heavy atom. The van der Waals surface area contributed by atoms with Gasteiger partial charge in [0.15, 0.2) is 0 Å². The summed E-state index contributed by atoms with van der Waals surface area (Å²) in [4.78, 5) is 24.3. The fraction of sp³-hybridized carbons (Fsp3) is 0.593. The molecule has 1 unspecified atom stereocenters. The first-order valence-corrected chi connectivity index (χ1v) is 13.1. The lowest BCUT2D eigenvalue weighted by atomic mass is 9.67. The number of β-amino-alcohol motifs (C(OH)–C–C–N with tert-alkyl or cyclic N) is 1. The Bertz CT molecular complexity index is 1130. The van der Waals surface area contributed by atoms with Gasteiger partial charge in [-0.3, -0.25) is 4.79 Å². The Morgan fingerprint density at radius 3 is 2.37 bits per heavy atom. The fourth-order valence-corrected chi connectivity index (χ4v) is 5.59. The van der Waals surface area contributed by atoms with E-state index in [0.29, 0.717) is 44.6 Å². The van der Waals surface area contributed by atoms with E-state index in [1.807, 2.05) is 4.90 Å². The van der Waals surface area contributed by atoms with E-state index in [1.54, 1.807) is 6.07 Å². The summed E-state index contributed by atoms with van der Waals surface area (Å²) in [7, 11) is 0. The molecule has 3 fully saturated rings. The van der Waals surface area contributed by atoms with Crippen molar-refractivity contribution in [3.05, 3.63) is 42.0 Å². The van der Waals surface area contributed by atoms with Gasteiger partial charge in [0.1, 0.15) is 5.82 Å². The molecule has 1 aromatic heterocycles. The third kappa shape index (κ3) is 5.63. The van der Waals surface area contributed by atoms with E-state index < -0.39 is 23.5 Å². The Morgan fingerprint density at radius 1 is 1.11 bits per heavy atom. The highest BCUT2D eigenvalue weighted by Gasteiger charge is 2.58. The molecule has 0 spiro atoms. The van der Waals surface area contributed by atoms with Gasteiger partial charge >= 0.3 is 12.2 Å². The predicted octanol–water partition coefficient (Wildman–Crippen LogP) is 4.31. The Kier molecular flexibility index (Phi) is 7.59. The van der Waals surface area contributed by atoms with Gasteiger partial charge in [0, 0.05) is 48.7 Å². The summed E-state index contributed by atoms with van der Waals surface area (Å²) < 4.78 is 60.9. The SMILES string of the molecule is O=C(c1ccc(-c2cnc(OCC3CCN(CC4(C(F)(F)F)CCC4)CC3)nc2)c(F)c1)N1CCC(O)C1. The number of aromatic nitrogens is 2. The van der Waals surface area contributed by atoms with E-state index in [4.69, 9.17) is 4.74 Å². The number of alkyl halides is 3. The normalized spacial score (nSPS) is 22.3. The first-order valence-electron chi connectivity index (χ1n) is 13.1. The zero-order valence-electron chi connectivity index (χ0n) is 21.1. The molecular formula is C27H32F4N4O3. The second-order valence-electron chi connectivity index (χ2n) is 10.8. The number of aliphatic hydroxyl groups excluding tert-OH is 1. The average molecular weight is 537 g/mol. The van der Waals surface area contributed by atoms with Gasteiger partial charge in [-0.15, -0.1) is 0 Å². The number of ether oxygens (including phenoxy) is 1. The molecule has 206 valence electrons. The van der Waals surface area contributed by atoms with Crippen molar-refractivity contribution in [3.63, 3.8) is 0 Å². The van der Waals surface area contributed by atoms with Crippen LogP contribution >= 0.6 is 0 Å². The standard InChI is InChI=1S/C27H32F4N4O3/c28-23-12-19(24(37)35-11-6-21(36)15-35)2-3-22(23)20-13-32-25(33-14-20)38-16-18-4-9-34(10-5-18)17-26(7-1-8-26)27(29,30)31/h2-3,12-14,18,21,36H,1,4-11,15-17H2. The molecule has 38 heavy (non-hydrogen) atoms. The molecule has 1 saturated carbocycles. The van der Waals surface area contributed by atoms with Crippen LogP contribution in [-0.2, 0) is 0 Å². The van der Waals surface area contributed by atoms with E-state index in [9.17, 15) is 27.5 Å². The fourth-order valence-electron chi connectivity index (χ4n) is 5.59. The summed E-state index contributed by atoms with van der Waals surface area (Å²) in [6.07, 6.45) is 1.33. The van der Waals surface area contributed by atoms with Crippen LogP contribution in [0.5, 0.6) is 6.01 Å². The van der Waals surface area contributed by atoms with E-state index >= 15 is 0 Å². The van der Waals surface area contributed by atoms with Crippen LogP contribution < -0.4 is 4.74 Å². The maximum absolute atomic E-state index is 14.8. The van der Waals surface area contributed by atoms with E-state index in [0.717, 1.165) is 12.8 Å². The molecule has 2 aromatic rings. The summed E-state index contributed by atoms with van der Waals surface area (Å²) in [5, 5.41) is 9.63. The molecule has 3 aliphatic rings. The number of carbonyl (C=O) groups is 1. The Labute approximate surface area is 218 Å². The van der Waals surface area contributed by atoms with Crippen LogP contribution in [0, 0.1) is 17.2 Å². The van der Waals surface area contributed by atoms with Crippen LogP contribution in [0.1, 0.15) is 48.9 Å². The predicted molar refractivity (Wildman–Crippen MR) is 131 cm³/mol. The zero-order chi connectivity index (χ0) is 26.9. The number of halogens is 4. The van der Waals surface area contributed by atoms with Crippen LogP contribution in [0.3, 0.4) is 0 Å². The van der Waals surface area contributed by atoms with E-state index in [-0.39, 0.29) is 54.9 Å². The lowest BCUT2D eigenvalue weighted by molar-refractivity contribution is -0.256. The number of hydrogen-bond donors (Lipinski definition) is 1. The molecule has 1 amide bonds. The number of piperidine rings is 1. The molecular weight excluding hydrogens is 504 g/mol. The molecule has 2 saturated heterocycles. The Balaban J connectivity index is 1.11. The summed E-state index contributed by atoms with van der Waals surface area (Å²) in [5.74, 6) is -0.688. The van der Waals surface area contributed by atoms with Gasteiger partial charge in [0.05, 0.1) is 18.1 Å². The van der Waals surface area contributed by atoms with Crippen LogP contribution in [0.2, 0.25) is 0 Å². The molecule has 2 aliphatic heterocycles. The number of likely N-dealkylation sites (tertiary alicyclic amines) is 2. The van der Waals surface area contributed by atoms with Crippen molar-refractivity contribution in [2.75, 3.05) is 39.3 Å². The van der Waals surface area contributed by atoms with Crippen molar-refractivity contribution in [1.29, 1.82) is 0 Å². The molecule has 1 aliphatic carbocycles. The topological polar surface area (TPSA) is 78.8 Å². The quantitative estimate of drug-likeness (QED) is 0.532. The van der Waals surface area contributed by atoms with Crippen molar-refractivity contribution < 1.29 is 32.2 Å². The minimum absolute atomic E-state index is 0.0851. The molecule has 7 nitrogen and oxygen atoms in total. The van der Waals surface area contributed by atoms with Crippen molar-refractivity contribution in [3.8, 4) is 17.1 Å². The maximum Gasteiger partial charge on any atom is 0.395 e. The van der Waals surface area contributed by atoms with Crippen molar-refractivity contribution in [1.82, 2.24) is 19.8 Å². The van der Waals surface area contributed by atoms with Crippen molar-refractivity contribution in [2.24, 2.45) is 11.3 Å². The average Bonchev–Trinajstić information content (AvgIpc) is 3.31. The van der Waals surface area contributed by atoms with Gasteiger partial charge in [-0.2, -0.15) is 13.2 Å². The number of hydrogen-bond acceptors (Lipinski definition) is 6. The van der Waals surface area contributed by atoms with Crippen LogP contribution in [0.15, 0.2) is 30.6 Å². The van der Waals surface area contributed by atoms with Gasteiger partial charge in [0.2, 0.25) is 0 Å². The van der Waals surface area contributed by atoms with Crippen molar-refractivity contribution >= 4 is 5.91 Å². The number of rotatable bonds is 7. The molecule has 3 heterocycles. The molecule has 0 bridgehead atoms. The van der Waals surface area contributed by atoms with Gasteiger partial charge < -0.3 is 19.6 Å². The molecule has 1 aromatic carbocycles. The molecule has 1 atom stereocenters. The van der Waals surface area contributed by atoms with Crippen LogP contribution in [0.4, 0.5) is 17.6 Å². The number of carbonyl (C=O) groups excluding carboxylic acids is 1. The summed E-state index contributed by atoms with van der Waals surface area (Å²) in [6.45, 7) is 2.37. The second kappa shape index (κ2) is 10.8. The second-order valence-corrected chi connectivity index (χ2v) is 10.8. The van der Waals surface area contributed by atoms with E-state index in [1.165, 1.54) is 29.4 Å². The van der Waals surface area contributed by atoms with Gasteiger partial charge in [-0.1, -0.05) is 12.5 Å². The monoisotopic (exact) mass is 536 g/mol. The molecule has 0 radical (unpaired) electrons. The zero-order valence-corrected chi connectivity index (χ0v) is 21.1. The minimum atomic E-state index is -4.14. The Hall–Kier alpha value is -2.79. The number of amides is 1. The number of benzene rings is 1.